The van der Waals surface area contributed by atoms with E-state index in [1.807, 2.05) is 51.1 Å². The normalized spacial score (nSPS) is 11.9. The zero-order valence-electron chi connectivity index (χ0n) is 21.5. The number of aromatic nitrogens is 3. The molecule has 192 valence electrons. The lowest BCUT2D eigenvalue weighted by Gasteiger charge is -2.19. The zero-order valence-corrected chi connectivity index (χ0v) is 21.5. The van der Waals surface area contributed by atoms with Gasteiger partial charge in [0.25, 0.3) is 0 Å². The van der Waals surface area contributed by atoms with Gasteiger partial charge in [-0.1, -0.05) is 42.0 Å². The Morgan fingerprint density at radius 3 is 2.54 bits per heavy atom. The highest BCUT2D eigenvalue weighted by Gasteiger charge is 2.20. The molecule has 7 nitrogen and oxygen atoms in total. The molecule has 0 aliphatic carbocycles. The van der Waals surface area contributed by atoms with Crippen LogP contribution in [-0.2, 0) is 20.7 Å². The lowest BCUT2D eigenvalue weighted by atomic mass is 10.0. The summed E-state index contributed by atoms with van der Waals surface area (Å²) in [6.45, 7) is 7.88. The maximum atomic E-state index is 13.7. The first kappa shape index (κ1) is 26.0. The van der Waals surface area contributed by atoms with E-state index in [4.69, 9.17) is 4.74 Å². The third-order valence-electron chi connectivity index (χ3n) is 6.38. The highest BCUT2D eigenvalue weighted by Crippen LogP contribution is 2.24. The van der Waals surface area contributed by atoms with Crippen molar-refractivity contribution in [3.05, 3.63) is 88.5 Å². The monoisotopic (exact) mass is 502 g/mol. The van der Waals surface area contributed by atoms with Crippen LogP contribution in [0.15, 0.2) is 54.6 Å². The van der Waals surface area contributed by atoms with Crippen LogP contribution in [0.25, 0.3) is 16.9 Å². The molecule has 4 aromatic rings. The fourth-order valence-corrected chi connectivity index (χ4v) is 4.42. The third kappa shape index (κ3) is 6.20. The summed E-state index contributed by atoms with van der Waals surface area (Å²) in [6.07, 6.45) is 0.740. The molecule has 0 saturated heterocycles. The number of rotatable bonds is 9. The topological polar surface area (TPSA) is 85.6 Å². The average molecular weight is 503 g/mol. The minimum Gasteiger partial charge on any atom is -0.466 e. The van der Waals surface area contributed by atoms with Crippen LogP contribution in [0.2, 0.25) is 0 Å². The quantitative estimate of drug-likeness (QED) is 0.318. The molecule has 1 N–H and O–H groups in total. The van der Waals surface area contributed by atoms with Gasteiger partial charge in [0.05, 0.1) is 24.8 Å². The van der Waals surface area contributed by atoms with Gasteiger partial charge in [0.2, 0.25) is 5.91 Å². The second kappa shape index (κ2) is 11.3. The summed E-state index contributed by atoms with van der Waals surface area (Å²) in [6, 6.07) is 15.4. The van der Waals surface area contributed by atoms with Gasteiger partial charge in [0, 0.05) is 29.4 Å². The molecular weight excluding hydrogens is 471 g/mol. The van der Waals surface area contributed by atoms with Crippen molar-refractivity contribution in [2.24, 2.45) is 0 Å². The predicted octanol–water partition coefficient (Wildman–Crippen LogP) is 5.20. The Kier molecular flexibility index (Phi) is 7.96. The van der Waals surface area contributed by atoms with Crippen molar-refractivity contribution in [2.75, 3.05) is 6.61 Å². The van der Waals surface area contributed by atoms with E-state index >= 15 is 0 Å². The van der Waals surface area contributed by atoms with E-state index in [1.54, 1.807) is 23.6 Å². The second-order valence-electron chi connectivity index (χ2n) is 9.11. The number of nitrogens with zero attached hydrogens (tertiary/aromatic N) is 3. The van der Waals surface area contributed by atoms with E-state index in [0.717, 1.165) is 28.1 Å². The number of benzene rings is 2. The minimum absolute atomic E-state index is 0.0599. The van der Waals surface area contributed by atoms with E-state index in [9.17, 15) is 14.0 Å². The maximum absolute atomic E-state index is 13.7. The fraction of sp³-hybridized carbons (Fsp3) is 0.310. The van der Waals surface area contributed by atoms with Crippen molar-refractivity contribution in [2.45, 2.75) is 53.0 Å². The first-order chi connectivity index (χ1) is 17.7. The molecule has 0 aliphatic rings. The Morgan fingerprint density at radius 2 is 1.84 bits per heavy atom. The second-order valence-corrected chi connectivity index (χ2v) is 9.11. The van der Waals surface area contributed by atoms with Gasteiger partial charge in [-0.3, -0.25) is 9.59 Å². The first-order valence-electron chi connectivity index (χ1n) is 12.4. The first-order valence-corrected chi connectivity index (χ1v) is 12.4. The average Bonchev–Trinajstić information content (AvgIpc) is 3.28. The molecule has 2 heterocycles. The smallest absolute Gasteiger partial charge is 0.308 e. The molecule has 4 rings (SSSR count). The van der Waals surface area contributed by atoms with E-state index in [0.29, 0.717) is 23.3 Å². The summed E-state index contributed by atoms with van der Waals surface area (Å²) in [5, 5.41) is 7.63. The molecule has 0 radical (unpaired) electrons. The van der Waals surface area contributed by atoms with Gasteiger partial charge < -0.3 is 10.1 Å². The molecule has 1 atom stereocenters. The van der Waals surface area contributed by atoms with Gasteiger partial charge in [-0.15, -0.1) is 0 Å². The Bertz CT molecular complexity index is 1430. The van der Waals surface area contributed by atoms with Crippen LogP contribution in [-0.4, -0.2) is 33.1 Å². The van der Waals surface area contributed by atoms with Gasteiger partial charge >= 0.3 is 5.97 Å². The Morgan fingerprint density at radius 1 is 1.08 bits per heavy atom. The maximum Gasteiger partial charge on any atom is 0.308 e. The minimum atomic E-state index is -0.477. The molecule has 37 heavy (non-hydrogen) atoms. The summed E-state index contributed by atoms with van der Waals surface area (Å²) in [4.78, 5) is 29.8. The summed E-state index contributed by atoms with van der Waals surface area (Å²) in [5.74, 6) is -0.855. The number of aryl methyl sites for hydroxylation is 3. The fourth-order valence-electron chi connectivity index (χ4n) is 4.42. The number of ether oxygens (including phenoxy) is 1. The largest absolute Gasteiger partial charge is 0.466 e. The molecule has 1 amide bonds. The van der Waals surface area contributed by atoms with Crippen LogP contribution in [0, 0.1) is 26.6 Å². The number of fused-ring (bicyclic) bond motifs is 1. The number of hydrogen-bond acceptors (Lipinski definition) is 5. The van der Waals surface area contributed by atoms with Crippen LogP contribution < -0.4 is 5.32 Å². The standard InChI is InChI=1S/C29H31FN4O3/c1-5-37-29(36)17-25(21-11-9-18(2)10-12-21)32-28(35)14-13-24-19(3)31-27-16-26(33-34(27)20(24)4)22-7-6-8-23(30)15-22/h6-12,15-16,25H,5,13-14,17H2,1-4H3,(H,32,35)/t25-/m0/s1. The molecule has 2 aromatic heterocycles. The van der Waals surface area contributed by atoms with Gasteiger partial charge in [-0.2, -0.15) is 5.10 Å². The molecular formula is C29H31FN4O3. The van der Waals surface area contributed by atoms with Crippen molar-refractivity contribution in [1.82, 2.24) is 19.9 Å². The summed E-state index contributed by atoms with van der Waals surface area (Å²) in [5.41, 5.74) is 6.52. The van der Waals surface area contributed by atoms with E-state index < -0.39 is 6.04 Å². The van der Waals surface area contributed by atoms with Crippen molar-refractivity contribution in [1.29, 1.82) is 0 Å². The Labute approximate surface area is 215 Å². The number of nitrogens with one attached hydrogen (secondary N) is 1. The van der Waals surface area contributed by atoms with Crippen LogP contribution in [0.3, 0.4) is 0 Å². The van der Waals surface area contributed by atoms with Crippen molar-refractivity contribution >= 4 is 17.5 Å². The number of halogens is 1. The predicted molar refractivity (Wildman–Crippen MR) is 139 cm³/mol. The van der Waals surface area contributed by atoms with Gasteiger partial charge in [0.15, 0.2) is 5.65 Å². The Hall–Kier alpha value is -4.07. The molecule has 8 heteroatoms. The molecule has 0 spiro atoms. The van der Waals surface area contributed by atoms with Crippen LogP contribution in [0.5, 0.6) is 0 Å². The molecule has 0 saturated carbocycles. The molecule has 0 bridgehead atoms. The van der Waals surface area contributed by atoms with E-state index in [1.165, 1.54) is 12.1 Å². The van der Waals surface area contributed by atoms with E-state index in [-0.39, 0.29) is 37.1 Å². The molecule has 0 fully saturated rings. The Balaban J connectivity index is 1.51. The number of carbonyl (C=O) groups excluding carboxylic acids is 2. The van der Waals surface area contributed by atoms with Crippen molar-refractivity contribution in [3.8, 4) is 11.3 Å². The number of esters is 1. The summed E-state index contributed by atoms with van der Waals surface area (Å²) < 4.78 is 20.5. The van der Waals surface area contributed by atoms with Crippen molar-refractivity contribution < 1.29 is 18.7 Å². The van der Waals surface area contributed by atoms with E-state index in [2.05, 4.69) is 15.4 Å². The van der Waals surface area contributed by atoms with Crippen LogP contribution >= 0.6 is 0 Å². The molecule has 0 unspecified atom stereocenters. The SMILES string of the molecule is CCOC(=O)C[C@H](NC(=O)CCc1c(C)nc2cc(-c3cccc(F)c3)nn2c1C)c1ccc(C)cc1. The molecule has 2 aromatic carbocycles. The lowest BCUT2D eigenvalue weighted by Crippen LogP contribution is -2.31. The molecule has 0 aliphatic heterocycles. The number of hydrogen-bond donors (Lipinski definition) is 1. The number of amides is 1. The van der Waals surface area contributed by atoms with Crippen molar-refractivity contribution in [3.63, 3.8) is 0 Å². The third-order valence-corrected chi connectivity index (χ3v) is 6.38. The van der Waals surface area contributed by atoms with Gasteiger partial charge in [-0.25, -0.2) is 13.9 Å². The van der Waals surface area contributed by atoms with Crippen LogP contribution in [0.4, 0.5) is 4.39 Å². The number of carbonyl (C=O) groups is 2. The highest BCUT2D eigenvalue weighted by atomic mass is 19.1. The zero-order chi connectivity index (χ0) is 26.5. The summed E-state index contributed by atoms with van der Waals surface area (Å²) in [7, 11) is 0. The summed E-state index contributed by atoms with van der Waals surface area (Å²) >= 11 is 0. The van der Waals surface area contributed by atoms with Gasteiger partial charge in [0.1, 0.15) is 5.82 Å². The lowest BCUT2D eigenvalue weighted by molar-refractivity contribution is -0.143. The van der Waals surface area contributed by atoms with Crippen LogP contribution in [0.1, 0.15) is 53.9 Å². The highest BCUT2D eigenvalue weighted by molar-refractivity contribution is 5.78. The van der Waals surface area contributed by atoms with Gasteiger partial charge in [-0.05, 0) is 57.4 Å².